The van der Waals surface area contributed by atoms with E-state index in [4.69, 9.17) is 0 Å². The van der Waals surface area contributed by atoms with E-state index < -0.39 is 7.12 Å². The van der Waals surface area contributed by atoms with Gasteiger partial charge in [0.1, 0.15) is 0 Å². The molecule has 0 radical (unpaired) electrons. The van der Waals surface area contributed by atoms with Crippen molar-refractivity contribution in [3.05, 3.63) is 42.5 Å². The Morgan fingerprint density at radius 3 is 2.46 bits per heavy atom. The lowest BCUT2D eigenvalue weighted by atomic mass is 9.80. The van der Waals surface area contributed by atoms with Crippen molar-refractivity contribution in [2.75, 3.05) is 0 Å². The maximum Gasteiger partial charge on any atom is 0.488 e. The quantitative estimate of drug-likeness (QED) is 0.651. The molecule has 2 N–H and O–H groups in total. The largest absolute Gasteiger partial charge is 0.488 e. The van der Waals surface area contributed by atoms with Crippen LogP contribution in [0.4, 0.5) is 0 Å². The van der Waals surface area contributed by atoms with E-state index in [0.29, 0.717) is 11.4 Å². The van der Waals surface area contributed by atoms with E-state index in [2.05, 4.69) is 42.7 Å². The maximum absolute atomic E-state index is 9.54. The number of aromatic nitrogens is 1. The summed E-state index contributed by atoms with van der Waals surface area (Å²) < 4.78 is 2.36. The van der Waals surface area contributed by atoms with Crippen LogP contribution in [0.25, 0.3) is 21.8 Å². The average Bonchev–Trinajstić information content (AvgIpc) is 2.91. The van der Waals surface area contributed by atoms with Crippen molar-refractivity contribution >= 4 is 34.4 Å². The first-order valence-electron chi connectivity index (χ1n) is 9.02. The summed E-state index contributed by atoms with van der Waals surface area (Å²) in [5.41, 5.74) is 2.87. The predicted octanol–water partition coefficient (Wildman–Crippen LogP) is 3.69. The van der Waals surface area contributed by atoms with Gasteiger partial charge in [0.05, 0.1) is 0 Å². The van der Waals surface area contributed by atoms with E-state index in [1.165, 1.54) is 35.6 Å². The smallest absolute Gasteiger partial charge is 0.423 e. The molecule has 3 aromatic rings. The molecule has 0 spiro atoms. The van der Waals surface area contributed by atoms with Crippen molar-refractivity contribution in [3.8, 4) is 0 Å². The molecular formula is C20H26BNO2. The van der Waals surface area contributed by atoms with Crippen LogP contribution in [0.1, 0.15) is 39.5 Å². The van der Waals surface area contributed by atoms with E-state index in [9.17, 15) is 10.0 Å². The average molecular weight is 323 g/mol. The molecule has 0 aliphatic carbocycles. The highest BCUT2D eigenvalue weighted by Crippen LogP contribution is 2.30. The van der Waals surface area contributed by atoms with Crippen LogP contribution in [0.15, 0.2) is 42.5 Å². The number of nitrogens with zero attached hydrogens (tertiary/aromatic N) is 1. The van der Waals surface area contributed by atoms with E-state index in [0.717, 1.165) is 18.5 Å². The van der Waals surface area contributed by atoms with Crippen LogP contribution < -0.4 is 5.46 Å². The lowest BCUT2D eigenvalue weighted by molar-refractivity contribution is 0.401. The Kier molecular flexibility index (Phi) is 5.27. The summed E-state index contributed by atoms with van der Waals surface area (Å²) >= 11 is 0. The fourth-order valence-electron chi connectivity index (χ4n) is 3.60. The molecular weight excluding hydrogens is 297 g/mol. The van der Waals surface area contributed by atoms with Crippen molar-refractivity contribution in [2.45, 2.75) is 46.1 Å². The maximum atomic E-state index is 9.54. The fraction of sp³-hybridized carbons (Fsp3) is 0.400. The van der Waals surface area contributed by atoms with Crippen LogP contribution in [0.2, 0.25) is 0 Å². The third-order valence-corrected chi connectivity index (χ3v) is 5.08. The zero-order valence-corrected chi connectivity index (χ0v) is 14.6. The molecule has 1 heterocycles. The Balaban J connectivity index is 2.13. The van der Waals surface area contributed by atoms with Gasteiger partial charge in [-0.1, -0.05) is 63.4 Å². The Bertz CT molecular complexity index is 825. The van der Waals surface area contributed by atoms with Crippen molar-refractivity contribution in [2.24, 2.45) is 5.92 Å². The first-order chi connectivity index (χ1) is 11.7. The molecule has 3 rings (SSSR count). The molecule has 0 bridgehead atoms. The molecule has 2 aromatic carbocycles. The standard InChI is InChI=1S/C20H26BNO2/c1-3-5-8-15(4-2)14-22-19-10-7-6-9-17(19)18-12-11-16(21(23)24)13-20(18)22/h6-7,9-13,15,23-24H,3-5,8,14H2,1-2H3. The lowest BCUT2D eigenvalue weighted by Gasteiger charge is -2.17. The third kappa shape index (κ3) is 3.21. The van der Waals surface area contributed by atoms with Crippen LogP contribution >= 0.6 is 0 Å². The van der Waals surface area contributed by atoms with Gasteiger partial charge in [0.25, 0.3) is 0 Å². The van der Waals surface area contributed by atoms with Gasteiger partial charge in [-0.2, -0.15) is 0 Å². The second kappa shape index (κ2) is 7.41. The Morgan fingerprint density at radius 1 is 1.00 bits per heavy atom. The van der Waals surface area contributed by atoms with E-state index in [1.54, 1.807) is 6.07 Å². The summed E-state index contributed by atoms with van der Waals surface area (Å²) in [7, 11) is -1.43. The summed E-state index contributed by atoms with van der Waals surface area (Å²) in [5.74, 6) is 0.645. The normalized spacial score (nSPS) is 12.8. The fourth-order valence-corrected chi connectivity index (χ4v) is 3.60. The Labute approximate surface area is 144 Å². The number of unbranched alkanes of at least 4 members (excludes halogenated alkanes) is 1. The number of rotatable bonds is 7. The molecule has 3 nitrogen and oxygen atoms in total. The van der Waals surface area contributed by atoms with Gasteiger partial charge in [-0.3, -0.25) is 0 Å². The van der Waals surface area contributed by atoms with Gasteiger partial charge in [-0.25, -0.2) is 0 Å². The van der Waals surface area contributed by atoms with Gasteiger partial charge >= 0.3 is 7.12 Å². The summed E-state index contributed by atoms with van der Waals surface area (Å²) in [6, 6.07) is 14.2. The van der Waals surface area contributed by atoms with Crippen molar-refractivity contribution in [3.63, 3.8) is 0 Å². The monoisotopic (exact) mass is 323 g/mol. The van der Waals surface area contributed by atoms with Crippen LogP contribution in [0, 0.1) is 5.92 Å². The van der Waals surface area contributed by atoms with Gasteiger partial charge in [-0.15, -0.1) is 0 Å². The molecule has 0 amide bonds. The highest BCUT2D eigenvalue weighted by molar-refractivity contribution is 6.59. The van der Waals surface area contributed by atoms with Gasteiger partial charge in [0.2, 0.25) is 0 Å². The summed E-state index contributed by atoms with van der Waals surface area (Å²) in [6.07, 6.45) is 4.89. The minimum atomic E-state index is -1.43. The van der Waals surface area contributed by atoms with E-state index in [1.807, 2.05) is 12.1 Å². The molecule has 4 heteroatoms. The zero-order valence-electron chi connectivity index (χ0n) is 14.6. The number of hydrogen-bond donors (Lipinski definition) is 2. The molecule has 0 saturated carbocycles. The van der Waals surface area contributed by atoms with Crippen molar-refractivity contribution < 1.29 is 10.0 Å². The number of para-hydroxylation sites is 1. The van der Waals surface area contributed by atoms with Gasteiger partial charge in [0, 0.05) is 28.4 Å². The highest BCUT2D eigenvalue weighted by Gasteiger charge is 2.17. The number of hydrogen-bond acceptors (Lipinski definition) is 2. The Hall–Kier alpha value is -1.78. The molecule has 0 aliphatic rings. The van der Waals surface area contributed by atoms with Crippen LogP contribution in [-0.2, 0) is 6.54 Å². The number of benzene rings is 2. The van der Waals surface area contributed by atoms with Gasteiger partial charge < -0.3 is 14.6 Å². The van der Waals surface area contributed by atoms with E-state index >= 15 is 0 Å². The first-order valence-corrected chi connectivity index (χ1v) is 9.02. The first kappa shape index (κ1) is 17.1. The van der Waals surface area contributed by atoms with Crippen molar-refractivity contribution in [1.29, 1.82) is 0 Å². The molecule has 0 saturated heterocycles. The minimum Gasteiger partial charge on any atom is -0.423 e. The van der Waals surface area contributed by atoms with Crippen LogP contribution in [0.3, 0.4) is 0 Å². The van der Waals surface area contributed by atoms with Crippen LogP contribution in [0.5, 0.6) is 0 Å². The molecule has 1 unspecified atom stereocenters. The second-order valence-electron chi connectivity index (χ2n) is 6.69. The highest BCUT2D eigenvalue weighted by atomic mass is 16.4. The predicted molar refractivity (Wildman–Crippen MR) is 103 cm³/mol. The molecule has 24 heavy (non-hydrogen) atoms. The number of fused-ring (bicyclic) bond motifs is 3. The molecule has 126 valence electrons. The van der Waals surface area contributed by atoms with Crippen molar-refractivity contribution in [1.82, 2.24) is 4.57 Å². The second-order valence-corrected chi connectivity index (χ2v) is 6.69. The molecule has 0 fully saturated rings. The van der Waals surface area contributed by atoms with Gasteiger partial charge in [-0.05, 0) is 29.9 Å². The molecule has 1 aromatic heterocycles. The summed E-state index contributed by atoms with van der Waals surface area (Å²) in [6.45, 7) is 5.48. The summed E-state index contributed by atoms with van der Waals surface area (Å²) in [4.78, 5) is 0. The molecule has 0 aliphatic heterocycles. The Morgan fingerprint density at radius 2 is 1.75 bits per heavy atom. The van der Waals surface area contributed by atoms with E-state index in [-0.39, 0.29) is 0 Å². The zero-order chi connectivity index (χ0) is 17.1. The SMILES string of the molecule is CCCCC(CC)Cn1c2ccccc2c2ccc(B(O)O)cc21. The topological polar surface area (TPSA) is 45.4 Å². The molecule has 1 atom stereocenters. The third-order valence-electron chi connectivity index (χ3n) is 5.08. The van der Waals surface area contributed by atoms with Crippen LogP contribution in [-0.4, -0.2) is 21.7 Å². The minimum absolute atomic E-state index is 0.549. The summed E-state index contributed by atoms with van der Waals surface area (Å²) in [5, 5.41) is 21.5. The van der Waals surface area contributed by atoms with Gasteiger partial charge in [0.15, 0.2) is 0 Å². The lowest BCUT2D eigenvalue weighted by Crippen LogP contribution is -2.29.